The molecule has 3 aromatic rings. The van der Waals surface area contributed by atoms with Crippen molar-refractivity contribution < 1.29 is 4.42 Å². The summed E-state index contributed by atoms with van der Waals surface area (Å²) >= 11 is 0. The van der Waals surface area contributed by atoms with Crippen molar-refractivity contribution in [3.8, 4) is 0 Å². The Morgan fingerprint density at radius 2 is 1.90 bits per heavy atom. The first-order chi connectivity index (χ1) is 10.3. The lowest BCUT2D eigenvalue weighted by Gasteiger charge is -2.28. The zero-order chi connectivity index (χ0) is 14.2. The monoisotopic (exact) mass is 279 g/mol. The Morgan fingerprint density at radius 3 is 2.71 bits per heavy atom. The maximum atomic E-state index is 5.88. The second kappa shape index (κ2) is 5.10. The van der Waals surface area contributed by atoms with Crippen LogP contribution in [0.4, 0.5) is 5.69 Å². The topological polar surface area (TPSA) is 25.2 Å². The van der Waals surface area contributed by atoms with E-state index in [1.807, 2.05) is 12.1 Å². The summed E-state index contributed by atoms with van der Waals surface area (Å²) in [5, 5.41) is 6.04. The number of nitrogens with one attached hydrogen (secondary N) is 1. The summed E-state index contributed by atoms with van der Waals surface area (Å²) in [5.74, 6) is 0.936. The first-order valence-electron chi connectivity index (χ1n) is 7.97. The highest BCUT2D eigenvalue weighted by Gasteiger charge is 2.19. The first-order valence-corrected chi connectivity index (χ1v) is 7.97. The molecular formula is C19H21NO. The maximum absolute atomic E-state index is 5.88. The Balaban J connectivity index is 1.61. The molecule has 0 radical (unpaired) electrons. The minimum atomic E-state index is 0.533. The van der Waals surface area contributed by atoms with Crippen LogP contribution in [0, 0.1) is 5.92 Å². The van der Waals surface area contributed by atoms with Crippen molar-refractivity contribution in [3.05, 3.63) is 42.5 Å². The Bertz CT molecular complexity index is 769. The van der Waals surface area contributed by atoms with Gasteiger partial charge in [-0.1, -0.05) is 37.5 Å². The molecule has 1 atom stereocenters. The molecule has 4 rings (SSSR count). The lowest BCUT2D eigenvalue weighted by molar-refractivity contribution is 0.286. The average Bonchev–Trinajstić information content (AvgIpc) is 2.81. The van der Waals surface area contributed by atoms with E-state index in [9.17, 15) is 0 Å². The van der Waals surface area contributed by atoms with Gasteiger partial charge in [-0.15, -0.1) is 0 Å². The molecule has 1 aromatic heterocycles. The molecule has 2 nitrogen and oxygen atoms in total. The highest BCUT2D eigenvalue weighted by atomic mass is 16.3. The maximum Gasteiger partial charge on any atom is 0.135 e. The lowest BCUT2D eigenvalue weighted by Crippen LogP contribution is -2.23. The lowest BCUT2D eigenvalue weighted by atomic mass is 9.81. The molecule has 0 spiro atoms. The van der Waals surface area contributed by atoms with Gasteiger partial charge >= 0.3 is 0 Å². The fourth-order valence-electron chi connectivity index (χ4n) is 3.39. The van der Waals surface area contributed by atoms with Crippen LogP contribution in [0.5, 0.6) is 0 Å². The van der Waals surface area contributed by atoms with Crippen LogP contribution in [0.1, 0.15) is 32.6 Å². The SMILES string of the molecule is CC(CC1CCC1)Nc1ccc2oc3ccccc3c2c1. The smallest absolute Gasteiger partial charge is 0.135 e. The van der Waals surface area contributed by atoms with Crippen molar-refractivity contribution in [3.63, 3.8) is 0 Å². The number of furan rings is 1. The molecule has 1 aliphatic carbocycles. The van der Waals surface area contributed by atoms with Gasteiger partial charge in [0.2, 0.25) is 0 Å². The second-order valence-electron chi connectivity index (χ2n) is 6.39. The Morgan fingerprint density at radius 1 is 1.10 bits per heavy atom. The van der Waals surface area contributed by atoms with Crippen LogP contribution in [-0.4, -0.2) is 6.04 Å². The standard InChI is InChI=1S/C19H21NO/c1-13(11-14-5-4-6-14)20-15-9-10-19-17(12-15)16-7-2-3-8-18(16)21-19/h2-3,7-10,12-14,20H,4-6,11H2,1H3. The molecule has 21 heavy (non-hydrogen) atoms. The summed E-state index contributed by atoms with van der Waals surface area (Å²) in [6.45, 7) is 2.29. The summed E-state index contributed by atoms with van der Waals surface area (Å²) in [7, 11) is 0. The summed E-state index contributed by atoms with van der Waals surface area (Å²) in [4.78, 5) is 0. The summed E-state index contributed by atoms with van der Waals surface area (Å²) in [5.41, 5.74) is 3.13. The third-order valence-corrected chi connectivity index (χ3v) is 4.70. The number of hydrogen-bond acceptors (Lipinski definition) is 2. The number of para-hydroxylation sites is 1. The fraction of sp³-hybridized carbons (Fsp3) is 0.368. The molecule has 1 N–H and O–H groups in total. The molecular weight excluding hydrogens is 258 g/mol. The predicted molar refractivity (Wildman–Crippen MR) is 88.8 cm³/mol. The van der Waals surface area contributed by atoms with Crippen LogP contribution in [0.15, 0.2) is 46.9 Å². The van der Waals surface area contributed by atoms with Gasteiger partial charge in [0.25, 0.3) is 0 Å². The quantitative estimate of drug-likeness (QED) is 0.674. The zero-order valence-electron chi connectivity index (χ0n) is 12.4. The van der Waals surface area contributed by atoms with Gasteiger partial charge in [0.1, 0.15) is 11.2 Å². The van der Waals surface area contributed by atoms with Crippen LogP contribution in [0.2, 0.25) is 0 Å². The molecule has 1 fully saturated rings. The molecule has 0 bridgehead atoms. The highest BCUT2D eigenvalue weighted by Crippen LogP contribution is 2.33. The van der Waals surface area contributed by atoms with Crippen molar-refractivity contribution in [2.75, 3.05) is 5.32 Å². The van der Waals surface area contributed by atoms with E-state index < -0.39 is 0 Å². The predicted octanol–water partition coefficient (Wildman–Crippen LogP) is 5.58. The van der Waals surface area contributed by atoms with Gasteiger partial charge in [0.05, 0.1) is 0 Å². The fourth-order valence-corrected chi connectivity index (χ4v) is 3.39. The van der Waals surface area contributed by atoms with Gasteiger partial charge in [0.15, 0.2) is 0 Å². The minimum Gasteiger partial charge on any atom is -0.456 e. The van der Waals surface area contributed by atoms with Gasteiger partial charge < -0.3 is 9.73 Å². The first kappa shape index (κ1) is 12.8. The van der Waals surface area contributed by atoms with Crippen LogP contribution < -0.4 is 5.32 Å². The highest BCUT2D eigenvalue weighted by molar-refractivity contribution is 6.05. The minimum absolute atomic E-state index is 0.533. The molecule has 1 saturated carbocycles. The van der Waals surface area contributed by atoms with Crippen LogP contribution >= 0.6 is 0 Å². The number of hydrogen-bond donors (Lipinski definition) is 1. The van der Waals surface area contributed by atoms with Gasteiger partial charge in [-0.05, 0) is 43.5 Å². The van der Waals surface area contributed by atoms with E-state index in [4.69, 9.17) is 4.42 Å². The second-order valence-corrected chi connectivity index (χ2v) is 6.39. The Hall–Kier alpha value is -1.96. The summed E-state index contributed by atoms with van der Waals surface area (Å²) in [6, 6.07) is 15.2. The van der Waals surface area contributed by atoms with Crippen molar-refractivity contribution in [1.82, 2.24) is 0 Å². The number of rotatable bonds is 4. The van der Waals surface area contributed by atoms with E-state index in [-0.39, 0.29) is 0 Å². The van der Waals surface area contributed by atoms with E-state index in [1.165, 1.54) is 42.1 Å². The molecule has 1 heterocycles. The molecule has 1 aliphatic rings. The van der Waals surface area contributed by atoms with Crippen LogP contribution in [0.3, 0.4) is 0 Å². The third kappa shape index (κ3) is 2.39. The average molecular weight is 279 g/mol. The van der Waals surface area contributed by atoms with Crippen LogP contribution in [0.25, 0.3) is 21.9 Å². The molecule has 0 saturated heterocycles. The van der Waals surface area contributed by atoms with Crippen molar-refractivity contribution in [2.45, 2.75) is 38.6 Å². The van der Waals surface area contributed by atoms with Gasteiger partial charge in [-0.3, -0.25) is 0 Å². The Labute approximate surface area is 125 Å². The summed E-state index contributed by atoms with van der Waals surface area (Å²) < 4.78 is 5.88. The van der Waals surface area contributed by atoms with E-state index in [1.54, 1.807) is 0 Å². The van der Waals surface area contributed by atoms with Crippen LogP contribution in [-0.2, 0) is 0 Å². The molecule has 2 aromatic carbocycles. The van der Waals surface area contributed by atoms with Gasteiger partial charge in [0, 0.05) is 22.5 Å². The number of benzene rings is 2. The van der Waals surface area contributed by atoms with Crippen molar-refractivity contribution in [1.29, 1.82) is 0 Å². The normalized spacial score (nSPS) is 17.0. The molecule has 108 valence electrons. The largest absolute Gasteiger partial charge is 0.456 e. The van der Waals surface area contributed by atoms with E-state index in [2.05, 4.69) is 42.6 Å². The molecule has 2 heteroatoms. The molecule has 0 amide bonds. The molecule has 0 aliphatic heterocycles. The third-order valence-electron chi connectivity index (χ3n) is 4.70. The van der Waals surface area contributed by atoms with E-state index in [0.29, 0.717) is 6.04 Å². The van der Waals surface area contributed by atoms with Gasteiger partial charge in [-0.2, -0.15) is 0 Å². The zero-order valence-corrected chi connectivity index (χ0v) is 12.4. The Kier molecular flexibility index (Phi) is 3.10. The van der Waals surface area contributed by atoms with Crippen molar-refractivity contribution in [2.24, 2.45) is 5.92 Å². The number of anilines is 1. The number of fused-ring (bicyclic) bond motifs is 3. The van der Waals surface area contributed by atoms with Crippen molar-refractivity contribution >= 4 is 27.6 Å². The molecule has 1 unspecified atom stereocenters. The van der Waals surface area contributed by atoms with E-state index in [0.717, 1.165) is 17.1 Å². The van der Waals surface area contributed by atoms with E-state index >= 15 is 0 Å². The van der Waals surface area contributed by atoms with Gasteiger partial charge in [-0.25, -0.2) is 0 Å². The summed E-state index contributed by atoms with van der Waals surface area (Å²) in [6.07, 6.45) is 5.53.